The molecule has 98 valence electrons. The van der Waals surface area contributed by atoms with Gasteiger partial charge in [-0.05, 0) is 12.1 Å². The van der Waals surface area contributed by atoms with Crippen LogP contribution in [0.3, 0.4) is 0 Å². The number of rotatable bonds is 5. The molecule has 0 aliphatic heterocycles. The molecule has 0 aromatic carbocycles. The predicted octanol–water partition coefficient (Wildman–Crippen LogP) is -0.862. The third-order valence-electron chi connectivity index (χ3n) is 2.28. The molecule has 0 saturated heterocycles. The Morgan fingerprint density at radius 2 is 2.17 bits per heavy atom. The maximum atomic E-state index is 11.3. The second kappa shape index (κ2) is 6.08. The number of aromatic nitrogens is 1. The van der Waals surface area contributed by atoms with E-state index in [1.807, 2.05) is 0 Å². The smallest absolute Gasteiger partial charge is 0.337 e. The van der Waals surface area contributed by atoms with Gasteiger partial charge in [-0.1, -0.05) is 0 Å². The molecule has 1 aromatic rings. The van der Waals surface area contributed by atoms with Crippen molar-refractivity contribution in [3.8, 4) is 0 Å². The Morgan fingerprint density at radius 1 is 1.50 bits per heavy atom. The van der Waals surface area contributed by atoms with Crippen molar-refractivity contribution >= 4 is 11.9 Å². The fraction of sp³-hybridized carbons (Fsp3) is 0.364. The van der Waals surface area contributed by atoms with E-state index in [1.54, 1.807) is 0 Å². The Morgan fingerprint density at radius 3 is 2.72 bits per heavy atom. The number of pyridine rings is 1. The third kappa shape index (κ3) is 3.51. The largest absolute Gasteiger partial charge is 0.465 e. The average molecular weight is 254 g/mol. The summed E-state index contributed by atoms with van der Waals surface area (Å²) in [6.07, 6.45) is -1.88. The van der Waals surface area contributed by atoms with Crippen molar-refractivity contribution in [3.05, 3.63) is 29.6 Å². The number of esters is 1. The number of nitrogens with two attached hydrogens (primary N) is 1. The summed E-state index contributed by atoms with van der Waals surface area (Å²) in [5, 5.41) is 19.3. The van der Waals surface area contributed by atoms with E-state index in [9.17, 15) is 19.8 Å². The lowest BCUT2D eigenvalue weighted by Gasteiger charge is -2.16. The molecule has 0 aliphatic carbocycles. The SMILES string of the molecule is COC(=O)c1ccnc(C(O)C(O)CC(N)=O)c1. The van der Waals surface area contributed by atoms with Crippen LogP contribution in [0.15, 0.2) is 18.3 Å². The molecule has 1 rings (SSSR count). The molecule has 1 aromatic heterocycles. The lowest BCUT2D eigenvalue weighted by molar-refractivity contribution is -0.121. The van der Waals surface area contributed by atoms with Gasteiger partial charge in [0.25, 0.3) is 0 Å². The Labute approximate surface area is 103 Å². The Bertz CT molecular complexity index is 449. The molecule has 2 atom stereocenters. The van der Waals surface area contributed by atoms with E-state index in [2.05, 4.69) is 9.72 Å². The number of carbonyl (C=O) groups is 2. The number of nitrogens with zero attached hydrogens (tertiary/aromatic N) is 1. The quantitative estimate of drug-likeness (QED) is 0.587. The van der Waals surface area contributed by atoms with Crippen molar-refractivity contribution in [2.75, 3.05) is 7.11 Å². The van der Waals surface area contributed by atoms with Crippen LogP contribution in [0.5, 0.6) is 0 Å². The van der Waals surface area contributed by atoms with Gasteiger partial charge >= 0.3 is 5.97 Å². The van der Waals surface area contributed by atoms with E-state index in [1.165, 1.54) is 25.4 Å². The van der Waals surface area contributed by atoms with Crippen molar-refractivity contribution in [2.24, 2.45) is 5.73 Å². The first-order valence-corrected chi connectivity index (χ1v) is 5.14. The van der Waals surface area contributed by atoms with Gasteiger partial charge in [-0.2, -0.15) is 0 Å². The average Bonchev–Trinajstić information content (AvgIpc) is 2.36. The van der Waals surface area contributed by atoms with Gasteiger partial charge in [0, 0.05) is 6.20 Å². The molecule has 0 aliphatic rings. The monoisotopic (exact) mass is 254 g/mol. The van der Waals surface area contributed by atoms with Crippen LogP contribution in [-0.4, -0.2) is 40.3 Å². The van der Waals surface area contributed by atoms with Crippen molar-refractivity contribution in [2.45, 2.75) is 18.6 Å². The highest BCUT2D eigenvalue weighted by molar-refractivity contribution is 5.89. The molecular formula is C11H14N2O5. The van der Waals surface area contributed by atoms with E-state index >= 15 is 0 Å². The number of hydrogen-bond acceptors (Lipinski definition) is 6. The van der Waals surface area contributed by atoms with Gasteiger partial charge in [-0.15, -0.1) is 0 Å². The van der Waals surface area contributed by atoms with Crippen LogP contribution in [0, 0.1) is 0 Å². The molecule has 0 spiro atoms. The Hall–Kier alpha value is -1.99. The molecule has 7 nitrogen and oxygen atoms in total. The van der Waals surface area contributed by atoms with Crippen LogP contribution in [0.4, 0.5) is 0 Å². The minimum absolute atomic E-state index is 0.0617. The molecule has 7 heteroatoms. The number of carbonyl (C=O) groups excluding carboxylic acids is 2. The van der Waals surface area contributed by atoms with Crippen LogP contribution in [0.2, 0.25) is 0 Å². The number of aliphatic hydroxyl groups excluding tert-OH is 2. The number of ether oxygens (including phenoxy) is 1. The van der Waals surface area contributed by atoms with Gasteiger partial charge in [-0.25, -0.2) is 4.79 Å². The number of aliphatic hydroxyl groups is 2. The normalized spacial score (nSPS) is 13.7. The maximum absolute atomic E-state index is 11.3. The van der Waals surface area contributed by atoms with Gasteiger partial charge in [0.15, 0.2) is 0 Å². The van der Waals surface area contributed by atoms with Gasteiger partial charge in [0.05, 0.1) is 30.9 Å². The molecule has 1 amide bonds. The van der Waals surface area contributed by atoms with Crippen molar-refractivity contribution in [1.82, 2.24) is 4.98 Å². The Balaban J connectivity index is 2.89. The Kier molecular flexibility index (Phi) is 4.75. The van der Waals surface area contributed by atoms with Gasteiger partial charge in [-0.3, -0.25) is 9.78 Å². The number of hydrogen-bond donors (Lipinski definition) is 3. The molecule has 0 radical (unpaired) electrons. The summed E-state index contributed by atoms with van der Waals surface area (Å²) >= 11 is 0. The van der Waals surface area contributed by atoms with E-state index in [0.29, 0.717) is 0 Å². The van der Waals surface area contributed by atoms with Crippen LogP contribution in [0.25, 0.3) is 0 Å². The number of primary amides is 1. The molecule has 2 unspecified atom stereocenters. The lowest BCUT2D eigenvalue weighted by Crippen LogP contribution is -2.26. The highest BCUT2D eigenvalue weighted by Crippen LogP contribution is 2.18. The molecule has 0 bridgehead atoms. The third-order valence-corrected chi connectivity index (χ3v) is 2.28. The predicted molar refractivity (Wildman–Crippen MR) is 60.4 cm³/mol. The van der Waals surface area contributed by atoms with E-state index < -0.39 is 30.5 Å². The highest BCUT2D eigenvalue weighted by Gasteiger charge is 2.22. The van der Waals surface area contributed by atoms with Crippen molar-refractivity contribution in [3.63, 3.8) is 0 Å². The minimum Gasteiger partial charge on any atom is -0.465 e. The fourth-order valence-corrected chi connectivity index (χ4v) is 1.37. The van der Waals surface area contributed by atoms with E-state index in [4.69, 9.17) is 5.73 Å². The van der Waals surface area contributed by atoms with E-state index in [0.717, 1.165) is 0 Å². The summed E-state index contributed by atoms with van der Waals surface area (Å²) in [6.45, 7) is 0. The zero-order valence-corrected chi connectivity index (χ0v) is 9.74. The highest BCUT2D eigenvalue weighted by atomic mass is 16.5. The van der Waals surface area contributed by atoms with Gasteiger partial charge in [0.2, 0.25) is 5.91 Å². The van der Waals surface area contributed by atoms with Gasteiger partial charge < -0.3 is 20.7 Å². The van der Waals surface area contributed by atoms with Crippen LogP contribution in [0.1, 0.15) is 28.6 Å². The zero-order valence-electron chi connectivity index (χ0n) is 9.74. The topological polar surface area (TPSA) is 123 Å². The molecule has 4 N–H and O–H groups in total. The van der Waals surface area contributed by atoms with Crippen molar-refractivity contribution in [1.29, 1.82) is 0 Å². The summed E-state index contributed by atoms with van der Waals surface area (Å²) in [4.78, 5) is 25.7. The first-order valence-electron chi connectivity index (χ1n) is 5.14. The summed E-state index contributed by atoms with van der Waals surface area (Å²) in [6, 6.07) is 2.68. The first kappa shape index (κ1) is 14.1. The number of amides is 1. The van der Waals surface area contributed by atoms with Crippen LogP contribution >= 0.6 is 0 Å². The summed E-state index contributed by atoms with van der Waals surface area (Å²) in [5.41, 5.74) is 5.15. The molecule has 18 heavy (non-hydrogen) atoms. The second-order valence-corrected chi connectivity index (χ2v) is 3.64. The summed E-state index contributed by atoms with van der Waals surface area (Å²) in [7, 11) is 1.22. The molecular weight excluding hydrogens is 240 g/mol. The van der Waals surface area contributed by atoms with Crippen LogP contribution < -0.4 is 5.73 Å². The number of methoxy groups -OCH3 is 1. The van der Waals surface area contributed by atoms with Gasteiger partial charge in [0.1, 0.15) is 6.10 Å². The lowest BCUT2D eigenvalue weighted by atomic mass is 10.1. The maximum Gasteiger partial charge on any atom is 0.337 e. The summed E-state index contributed by atoms with van der Waals surface area (Å²) < 4.78 is 4.51. The van der Waals surface area contributed by atoms with Crippen LogP contribution in [-0.2, 0) is 9.53 Å². The second-order valence-electron chi connectivity index (χ2n) is 3.64. The minimum atomic E-state index is -1.40. The van der Waals surface area contributed by atoms with E-state index in [-0.39, 0.29) is 11.3 Å². The molecule has 0 fully saturated rings. The fourth-order valence-electron chi connectivity index (χ4n) is 1.37. The standard InChI is InChI=1S/C11H14N2O5/c1-18-11(17)6-2-3-13-7(4-6)10(16)8(14)5-9(12)15/h2-4,8,10,14,16H,5H2,1H3,(H2,12,15). The first-order chi connectivity index (χ1) is 8.45. The summed E-state index contributed by atoms with van der Waals surface area (Å²) in [5.74, 6) is -1.33. The molecule has 1 heterocycles. The zero-order chi connectivity index (χ0) is 13.7. The molecule has 0 saturated carbocycles. The van der Waals surface area contributed by atoms with Crippen molar-refractivity contribution < 1.29 is 24.5 Å².